The maximum absolute atomic E-state index is 5.91. The molecule has 8 aromatic carbocycles. The fourth-order valence-electron chi connectivity index (χ4n) is 15.1. The summed E-state index contributed by atoms with van der Waals surface area (Å²) in [5.74, 6) is 10.1. The predicted octanol–water partition coefficient (Wildman–Crippen LogP) is 21.4. The molecule has 578 valence electrons. The first-order valence-electron chi connectivity index (χ1n) is 40.5. The Labute approximate surface area is 642 Å². The molecule has 0 amide bonds. The fourth-order valence-corrected chi connectivity index (χ4v) is 15.1. The van der Waals surface area contributed by atoms with Gasteiger partial charge in [-0.3, -0.25) is 0 Å². The van der Waals surface area contributed by atoms with E-state index in [1.807, 2.05) is 142 Å². The van der Waals surface area contributed by atoms with Crippen LogP contribution in [0.1, 0.15) is 185 Å². The van der Waals surface area contributed by atoms with Gasteiger partial charge in [0.15, 0.2) is 0 Å². The van der Waals surface area contributed by atoms with E-state index in [4.69, 9.17) is 56.8 Å². The minimum Gasteiger partial charge on any atom is -0.491 e. The lowest BCUT2D eigenvalue weighted by Crippen LogP contribution is -2.38. The van der Waals surface area contributed by atoms with Gasteiger partial charge in [-0.2, -0.15) is 0 Å². The first-order chi connectivity index (χ1) is 52.3. The minimum absolute atomic E-state index is 0.0631. The zero-order chi connectivity index (χ0) is 76.2. The molecule has 0 aromatic heterocycles. The first kappa shape index (κ1) is 83.4. The zero-order valence-electron chi connectivity index (χ0n) is 67.2. The molecule has 6 atom stereocenters. The van der Waals surface area contributed by atoms with Crippen LogP contribution in [0.15, 0.2) is 200 Å². The Morgan fingerprint density at radius 3 is 0.785 bits per heavy atom. The normalized spacial score (nSPS) is 24.5. The highest BCUT2D eigenvalue weighted by atomic mass is 16.6. The van der Waals surface area contributed by atoms with E-state index < -0.39 is 0 Å². The molecule has 11 aliphatic rings. The molecule has 0 spiro atoms. The summed E-state index contributed by atoms with van der Waals surface area (Å²) in [6, 6.07) is 69.8. The van der Waals surface area contributed by atoms with Crippen molar-refractivity contribution in [2.45, 2.75) is 202 Å². The summed E-state index contributed by atoms with van der Waals surface area (Å²) in [4.78, 5) is 0. The molecular weight excluding hydrogens is 1330 g/mol. The van der Waals surface area contributed by atoms with Crippen molar-refractivity contribution < 1.29 is 56.8 Å². The van der Waals surface area contributed by atoms with Crippen LogP contribution in [-0.2, 0) is 44.7 Å². The Kier molecular flexibility index (Phi) is 32.5. The zero-order valence-corrected chi connectivity index (χ0v) is 67.2. The van der Waals surface area contributed by atoms with Crippen molar-refractivity contribution in [3.63, 3.8) is 0 Å². The van der Waals surface area contributed by atoms with Gasteiger partial charge in [0.05, 0.1) is 39.6 Å². The largest absolute Gasteiger partial charge is 0.491 e. The third-order valence-electron chi connectivity index (χ3n) is 20.8. The molecule has 6 heterocycles. The highest BCUT2D eigenvalue weighted by Gasteiger charge is 2.50. The van der Waals surface area contributed by atoms with E-state index in [0.717, 1.165) is 80.6 Å². The fraction of sp³-hybridized carbons (Fsp3) is 0.495. The van der Waals surface area contributed by atoms with E-state index in [-0.39, 0.29) is 40.7 Å². The van der Waals surface area contributed by atoms with Crippen LogP contribution >= 0.6 is 0 Å². The van der Waals surface area contributed by atoms with Crippen LogP contribution in [0, 0.1) is 37.5 Å². The molecular formula is C95H126O12. The van der Waals surface area contributed by atoms with E-state index in [9.17, 15) is 0 Å². The maximum atomic E-state index is 5.91. The van der Waals surface area contributed by atoms with Gasteiger partial charge in [-0.15, -0.1) is 0 Å². The summed E-state index contributed by atoms with van der Waals surface area (Å²) in [7, 11) is 0. The van der Waals surface area contributed by atoms with Gasteiger partial charge in [0.2, 0.25) is 0 Å². The number of ether oxygens (including phenoxy) is 12. The Balaban J connectivity index is 0.000000161. The Hall–Kier alpha value is -7.68. The molecule has 0 N–H and O–H groups in total. The lowest BCUT2D eigenvalue weighted by Gasteiger charge is -2.49. The lowest BCUT2D eigenvalue weighted by molar-refractivity contribution is 0.0198. The summed E-state index contributed by atoms with van der Waals surface area (Å²) >= 11 is 0. The topological polar surface area (TPSA) is 131 Å². The molecule has 12 heteroatoms. The average molecular weight is 1460 g/mol. The average Bonchev–Trinajstić information content (AvgIpc) is 1.57. The Morgan fingerprint density at radius 2 is 0.523 bits per heavy atom. The van der Waals surface area contributed by atoms with Gasteiger partial charge in [-0.05, 0) is 207 Å². The van der Waals surface area contributed by atoms with E-state index in [1.165, 1.54) is 73.7 Å². The second-order valence-corrected chi connectivity index (χ2v) is 29.2. The highest BCUT2D eigenvalue weighted by Crippen LogP contribution is 2.57. The van der Waals surface area contributed by atoms with Gasteiger partial charge in [-0.25, -0.2) is 0 Å². The van der Waals surface area contributed by atoms with Crippen LogP contribution in [0.5, 0.6) is 34.5 Å². The second kappa shape index (κ2) is 41.8. The van der Waals surface area contributed by atoms with Gasteiger partial charge in [0.25, 0.3) is 0 Å². The van der Waals surface area contributed by atoms with Crippen LogP contribution in [0.3, 0.4) is 0 Å². The smallest absolute Gasteiger partial charge is 0.119 e. The standard InChI is InChI=1S/C29H30O4.C26H26O4.2C10H12O2.C10H16.5C2H6/c1-28(2)19-29(27-6-4-3-5-26(27)28,20-7-11-22(12-8-20)30-15-24-17-32-24)21-9-13-23(14-10-21)31-16-25-18-33-25;1-26(19-5-3-2-4-6-19,20-7-11-22(12-8-20)27-15-24-17-29-24)21-9-13-23(14-10-21)28-16-25-18-30-25;2*1-8-2-4-9(5-3-8)11-6-10-7-12-10;1-7-2-9-4-8(1)5-10(3-7)6-9;5*1-2/h3-14,24-25H,15-19H2,1-2H3;2-14,24-25H,15-18H2,1H3;2*2-5,10H,6-7H2,1H3;7-10H,1-6H2;5*1-2H3. The van der Waals surface area contributed by atoms with E-state index >= 15 is 0 Å². The highest BCUT2D eigenvalue weighted by molar-refractivity contribution is 5.60. The molecule has 12 nitrogen and oxygen atoms in total. The first-order valence-corrected chi connectivity index (χ1v) is 40.5. The summed E-state index contributed by atoms with van der Waals surface area (Å²) in [6.45, 7) is 39.9. The molecule has 10 fully saturated rings. The molecule has 19 rings (SSSR count). The number of hydrogen-bond acceptors (Lipinski definition) is 12. The molecule has 0 radical (unpaired) electrons. The summed E-state index contributed by atoms with van der Waals surface area (Å²) in [5.41, 5.74) is 11.1. The summed E-state index contributed by atoms with van der Waals surface area (Å²) in [5, 5.41) is 0. The number of benzene rings is 8. The van der Waals surface area contributed by atoms with Crippen LogP contribution in [0.4, 0.5) is 0 Å². The van der Waals surface area contributed by atoms with Gasteiger partial charge in [0, 0.05) is 10.8 Å². The Bertz CT molecular complexity index is 3530. The van der Waals surface area contributed by atoms with Crippen molar-refractivity contribution >= 4 is 0 Å². The van der Waals surface area contributed by atoms with Gasteiger partial charge >= 0.3 is 0 Å². The molecule has 4 saturated carbocycles. The molecule has 5 aliphatic carbocycles. The van der Waals surface area contributed by atoms with Crippen molar-refractivity contribution in [2.24, 2.45) is 23.7 Å². The van der Waals surface area contributed by atoms with Crippen LogP contribution in [0.2, 0.25) is 0 Å². The number of epoxide rings is 6. The third-order valence-corrected chi connectivity index (χ3v) is 20.8. The number of aryl methyl sites for hydroxylation is 2. The monoisotopic (exact) mass is 1460 g/mol. The van der Waals surface area contributed by atoms with Crippen LogP contribution < -0.4 is 28.4 Å². The van der Waals surface area contributed by atoms with E-state index in [0.29, 0.717) is 51.8 Å². The molecule has 8 aromatic rings. The minimum atomic E-state index is -0.294. The molecule has 6 aliphatic heterocycles. The number of hydrogen-bond donors (Lipinski definition) is 0. The number of fused-ring (bicyclic) bond motifs is 1. The van der Waals surface area contributed by atoms with E-state index in [2.05, 4.69) is 162 Å². The third kappa shape index (κ3) is 24.9. The van der Waals surface area contributed by atoms with Crippen molar-refractivity contribution in [1.82, 2.24) is 0 Å². The summed E-state index contributed by atoms with van der Waals surface area (Å²) in [6.07, 6.45) is 12.3. The van der Waals surface area contributed by atoms with Crippen LogP contribution in [-0.4, -0.2) is 116 Å². The second-order valence-electron chi connectivity index (χ2n) is 29.2. The van der Waals surface area contributed by atoms with E-state index in [1.54, 1.807) is 38.5 Å². The predicted molar refractivity (Wildman–Crippen MR) is 434 cm³/mol. The maximum Gasteiger partial charge on any atom is 0.119 e. The van der Waals surface area contributed by atoms with Crippen LogP contribution in [0.25, 0.3) is 0 Å². The van der Waals surface area contributed by atoms with Crippen molar-refractivity contribution in [2.75, 3.05) is 79.3 Å². The molecule has 6 unspecified atom stereocenters. The van der Waals surface area contributed by atoms with Gasteiger partial charge in [0.1, 0.15) is 111 Å². The van der Waals surface area contributed by atoms with Crippen molar-refractivity contribution in [3.8, 4) is 34.5 Å². The number of rotatable bonds is 23. The van der Waals surface area contributed by atoms with Crippen molar-refractivity contribution in [1.29, 1.82) is 0 Å². The molecule has 107 heavy (non-hydrogen) atoms. The summed E-state index contributed by atoms with van der Waals surface area (Å²) < 4.78 is 65.4. The lowest BCUT2D eigenvalue weighted by atomic mass is 9.56. The van der Waals surface area contributed by atoms with Gasteiger partial charge in [-0.1, -0.05) is 222 Å². The molecule has 4 bridgehead atoms. The quantitative estimate of drug-likeness (QED) is 0.0446. The SMILES string of the molecule is C1C2CC3CC1CC(C2)C3.CC.CC.CC.CC.CC.CC(c1ccccc1)(c1ccc(OCC2CO2)cc1)c1ccc(OCC2CO2)cc1.CC1(C)CC(c2ccc(OCC3CO3)cc2)(c2ccc(OCC3CO3)cc2)c2ccccc21.Cc1ccc(OCC2CO2)cc1.Cc1ccc(OCC2CO2)cc1. The Morgan fingerprint density at radius 1 is 0.299 bits per heavy atom. The molecule has 6 saturated heterocycles. The van der Waals surface area contributed by atoms with Gasteiger partial charge < -0.3 is 56.8 Å². The van der Waals surface area contributed by atoms with Crippen molar-refractivity contribution in [3.05, 3.63) is 250 Å².